The van der Waals surface area contributed by atoms with Gasteiger partial charge in [-0.25, -0.2) is 0 Å². The Morgan fingerprint density at radius 3 is 2.21 bits per heavy atom. The number of halogens is 3. The molecule has 180 valence electrons. The second-order valence-electron chi connectivity index (χ2n) is 7.41. The number of nitrogens with one attached hydrogen (secondary N) is 1. The molecule has 0 bridgehead atoms. The zero-order valence-electron chi connectivity index (χ0n) is 18.8. The van der Waals surface area contributed by atoms with Crippen molar-refractivity contribution in [2.75, 3.05) is 57.8 Å². The molecule has 33 heavy (non-hydrogen) atoms. The summed E-state index contributed by atoms with van der Waals surface area (Å²) in [6.07, 6.45) is -4.36. The van der Waals surface area contributed by atoms with Gasteiger partial charge in [-0.1, -0.05) is 0 Å². The Kier molecular flexibility index (Phi) is 7.91. The topological polar surface area (TPSA) is 69.3 Å². The lowest BCUT2D eigenvalue weighted by Gasteiger charge is -2.29. The minimum atomic E-state index is -4.61. The fraction of sp³-hybridized carbons (Fsp3) is 0.435. The molecule has 0 aliphatic carbocycles. The summed E-state index contributed by atoms with van der Waals surface area (Å²) in [4.78, 5) is 14.3. The predicted molar refractivity (Wildman–Crippen MR) is 118 cm³/mol. The van der Waals surface area contributed by atoms with Crippen molar-refractivity contribution in [2.24, 2.45) is 0 Å². The number of aryl methyl sites for hydroxylation is 1. The molecule has 2 aromatic rings. The highest BCUT2D eigenvalue weighted by atomic mass is 19.4. The molecule has 0 unspecified atom stereocenters. The highest BCUT2D eigenvalue weighted by Crippen LogP contribution is 2.39. The fourth-order valence-electron chi connectivity index (χ4n) is 3.64. The fourth-order valence-corrected chi connectivity index (χ4v) is 3.64. The summed E-state index contributed by atoms with van der Waals surface area (Å²) >= 11 is 0. The van der Waals surface area contributed by atoms with E-state index in [4.69, 9.17) is 18.9 Å². The van der Waals surface area contributed by atoms with Gasteiger partial charge in [-0.15, -0.1) is 0 Å². The molecular formula is C23H27F3N2O5. The molecule has 1 N–H and O–H groups in total. The van der Waals surface area contributed by atoms with Crippen LogP contribution in [0.4, 0.5) is 24.5 Å². The van der Waals surface area contributed by atoms with Gasteiger partial charge < -0.3 is 29.2 Å². The summed E-state index contributed by atoms with van der Waals surface area (Å²) in [5, 5.41) is 2.41. The molecule has 1 aliphatic heterocycles. The van der Waals surface area contributed by atoms with E-state index in [1.165, 1.54) is 27.4 Å². The van der Waals surface area contributed by atoms with E-state index in [1.807, 2.05) is 4.90 Å². The molecule has 1 heterocycles. The molecule has 0 radical (unpaired) electrons. The zero-order chi connectivity index (χ0) is 24.0. The predicted octanol–water partition coefficient (Wildman–Crippen LogP) is 4.14. The Labute approximate surface area is 190 Å². The molecule has 1 amide bonds. The van der Waals surface area contributed by atoms with Gasteiger partial charge in [-0.05, 0) is 42.3 Å². The van der Waals surface area contributed by atoms with E-state index >= 15 is 0 Å². The van der Waals surface area contributed by atoms with Crippen molar-refractivity contribution in [1.82, 2.24) is 0 Å². The summed E-state index contributed by atoms with van der Waals surface area (Å²) in [7, 11) is 4.44. The first kappa shape index (κ1) is 24.5. The number of hydrogen-bond donors (Lipinski definition) is 1. The molecule has 1 saturated heterocycles. The normalized spacial score (nSPS) is 14.1. The average molecular weight is 468 g/mol. The van der Waals surface area contributed by atoms with Crippen molar-refractivity contribution in [3.8, 4) is 17.2 Å². The van der Waals surface area contributed by atoms with Gasteiger partial charge in [0.15, 0.2) is 11.5 Å². The third-order valence-corrected chi connectivity index (χ3v) is 5.32. The Bertz CT molecular complexity index is 950. The average Bonchev–Trinajstić information content (AvgIpc) is 2.82. The Balaban J connectivity index is 1.73. The number of methoxy groups -OCH3 is 3. The maximum atomic E-state index is 13.7. The quantitative estimate of drug-likeness (QED) is 0.628. The second kappa shape index (κ2) is 10.7. The molecule has 0 aromatic heterocycles. The molecule has 0 spiro atoms. The minimum Gasteiger partial charge on any atom is -0.493 e. The van der Waals surface area contributed by atoms with Crippen molar-refractivity contribution in [2.45, 2.75) is 19.0 Å². The second-order valence-corrected chi connectivity index (χ2v) is 7.41. The van der Waals surface area contributed by atoms with Crippen molar-refractivity contribution >= 4 is 17.3 Å². The number of morpholine rings is 1. The van der Waals surface area contributed by atoms with Gasteiger partial charge in [-0.3, -0.25) is 4.79 Å². The molecule has 0 atom stereocenters. The summed E-state index contributed by atoms with van der Waals surface area (Å²) in [5.74, 6) is 0.757. The molecule has 2 aromatic carbocycles. The number of hydrogen-bond acceptors (Lipinski definition) is 6. The summed E-state index contributed by atoms with van der Waals surface area (Å²) in [6.45, 7) is 1.94. The van der Waals surface area contributed by atoms with Crippen LogP contribution in [0.2, 0.25) is 0 Å². The van der Waals surface area contributed by atoms with Gasteiger partial charge in [0, 0.05) is 25.2 Å². The summed E-state index contributed by atoms with van der Waals surface area (Å²) in [6, 6.07) is 7.35. The molecular weight excluding hydrogens is 441 g/mol. The summed E-state index contributed by atoms with van der Waals surface area (Å²) in [5.41, 5.74) is 0.0152. The smallest absolute Gasteiger partial charge is 0.418 e. The Morgan fingerprint density at radius 1 is 1.03 bits per heavy atom. The van der Waals surface area contributed by atoms with Gasteiger partial charge in [0.1, 0.15) is 0 Å². The van der Waals surface area contributed by atoms with Crippen LogP contribution >= 0.6 is 0 Å². The molecule has 0 saturated carbocycles. The number of ether oxygens (including phenoxy) is 4. The van der Waals surface area contributed by atoms with Crippen LogP contribution in [-0.4, -0.2) is 53.5 Å². The Hall–Kier alpha value is -3.14. The van der Waals surface area contributed by atoms with Crippen molar-refractivity contribution in [3.05, 3.63) is 41.5 Å². The zero-order valence-corrected chi connectivity index (χ0v) is 18.8. The number of benzene rings is 2. The lowest BCUT2D eigenvalue weighted by Crippen LogP contribution is -2.36. The minimum absolute atomic E-state index is 0.0266. The van der Waals surface area contributed by atoms with Gasteiger partial charge in [0.25, 0.3) is 0 Å². The first-order valence-electron chi connectivity index (χ1n) is 10.4. The number of carbonyl (C=O) groups is 1. The van der Waals surface area contributed by atoms with E-state index in [9.17, 15) is 18.0 Å². The lowest BCUT2D eigenvalue weighted by molar-refractivity contribution is -0.136. The van der Waals surface area contributed by atoms with E-state index in [0.29, 0.717) is 49.2 Å². The van der Waals surface area contributed by atoms with E-state index in [1.54, 1.807) is 18.2 Å². The lowest BCUT2D eigenvalue weighted by atomic mass is 10.1. The third-order valence-electron chi connectivity index (χ3n) is 5.32. The number of anilines is 2. The van der Waals surface area contributed by atoms with E-state index in [0.717, 1.165) is 11.6 Å². The first-order chi connectivity index (χ1) is 15.8. The molecule has 10 heteroatoms. The number of amides is 1. The standard InChI is InChI=1S/C23H27F3N2O5/c1-30-19-12-15(13-20(31-2)22(19)32-3)4-7-21(29)27-18-6-5-16(14-17(18)23(24,25)26)28-8-10-33-11-9-28/h5-6,12-14H,4,7-11H2,1-3H3,(H,27,29). The highest BCUT2D eigenvalue weighted by Gasteiger charge is 2.35. The van der Waals surface area contributed by atoms with E-state index in [-0.39, 0.29) is 18.5 Å². The van der Waals surface area contributed by atoms with Gasteiger partial charge in [0.2, 0.25) is 11.7 Å². The van der Waals surface area contributed by atoms with Crippen LogP contribution in [0.3, 0.4) is 0 Å². The van der Waals surface area contributed by atoms with Crippen LogP contribution in [-0.2, 0) is 22.1 Å². The third kappa shape index (κ3) is 6.01. The van der Waals surface area contributed by atoms with E-state index < -0.39 is 17.6 Å². The molecule has 1 aliphatic rings. The molecule has 3 rings (SSSR count). The maximum Gasteiger partial charge on any atom is 0.418 e. The van der Waals surface area contributed by atoms with Crippen LogP contribution in [0.25, 0.3) is 0 Å². The maximum absolute atomic E-state index is 13.7. The van der Waals surface area contributed by atoms with Crippen LogP contribution in [0.1, 0.15) is 17.5 Å². The highest BCUT2D eigenvalue weighted by molar-refractivity contribution is 5.92. The van der Waals surface area contributed by atoms with Crippen LogP contribution in [0, 0.1) is 0 Å². The SMILES string of the molecule is COc1cc(CCC(=O)Nc2ccc(N3CCOCC3)cc2C(F)(F)F)cc(OC)c1OC. The van der Waals surface area contributed by atoms with Crippen molar-refractivity contribution in [1.29, 1.82) is 0 Å². The van der Waals surface area contributed by atoms with Crippen LogP contribution in [0.15, 0.2) is 30.3 Å². The molecule has 7 nitrogen and oxygen atoms in total. The monoisotopic (exact) mass is 468 g/mol. The number of rotatable bonds is 8. The Morgan fingerprint density at radius 2 is 1.67 bits per heavy atom. The van der Waals surface area contributed by atoms with E-state index in [2.05, 4.69) is 5.32 Å². The van der Waals surface area contributed by atoms with Gasteiger partial charge in [-0.2, -0.15) is 13.2 Å². The summed E-state index contributed by atoms with van der Waals surface area (Å²) < 4.78 is 62.2. The van der Waals surface area contributed by atoms with Gasteiger partial charge in [0.05, 0.1) is 45.8 Å². The number of nitrogens with zero attached hydrogens (tertiary/aromatic N) is 1. The van der Waals surface area contributed by atoms with Crippen LogP contribution in [0.5, 0.6) is 17.2 Å². The number of alkyl halides is 3. The first-order valence-corrected chi connectivity index (χ1v) is 10.4. The van der Waals surface area contributed by atoms with Crippen LogP contribution < -0.4 is 24.4 Å². The largest absolute Gasteiger partial charge is 0.493 e. The van der Waals surface area contributed by atoms with Crippen molar-refractivity contribution < 1.29 is 36.9 Å². The molecule has 1 fully saturated rings. The van der Waals surface area contributed by atoms with Gasteiger partial charge >= 0.3 is 6.18 Å². The van der Waals surface area contributed by atoms with Crippen molar-refractivity contribution in [3.63, 3.8) is 0 Å². The number of carbonyl (C=O) groups excluding carboxylic acids is 1.